The molecule has 0 radical (unpaired) electrons. The van der Waals surface area contributed by atoms with Crippen LogP contribution in [0.1, 0.15) is 30.4 Å². The van der Waals surface area contributed by atoms with E-state index in [1.807, 2.05) is 0 Å². The summed E-state index contributed by atoms with van der Waals surface area (Å²) >= 11 is 0. The summed E-state index contributed by atoms with van der Waals surface area (Å²) in [5.74, 6) is -1.43. The zero-order valence-electron chi connectivity index (χ0n) is 16.7. The molecule has 3 N–H and O–H groups in total. The van der Waals surface area contributed by atoms with Crippen LogP contribution in [0.25, 0.3) is 0 Å². The van der Waals surface area contributed by atoms with Gasteiger partial charge in [-0.25, -0.2) is 18.0 Å². The van der Waals surface area contributed by atoms with Gasteiger partial charge in [0.15, 0.2) is 0 Å². The van der Waals surface area contributed by atoms with Crippen molar-refractivity contribution in [2.75, 3.05) is 6.54 Å². The summed E-state index contributed by atoms with van der Waals surface area (Å²) in [5, 5.41) is 9.69. The third-order valence-electron chi connectivity index (χ3n) is 4.46. The number of nitrogens with two attached hydrogens (primary N) is 1. The molecule has 0 aromatic heterocycles. The quantitative estimate of drug-likeness (QED) is 0.550. The van der Waals surface area contributed by atoms with E-state index in [9.17, 15) is 23.1 Å². The van der Waals surface area contributed by atoms with Gasteiger partial charge in [0.1, 0.15) is 12.6 Å². The van der Waals surface area contributed by atoms with Gasteiger partial charge in [0.2, 0.25) is 0 Å². The number of nitrogens with zero attached hydrogens (tertiary/aromatic N) is 1. The number of ether oxygens (including phenoxy) is 1. The number of aliphatic carboxylic acids is 1. The smallest absolute Gasteiger partial charge is 0.425 e. The van der Waals surface area contributed by atoms with Crippen LogP contribution in [-0.4, -0.2) is 42.5 Å². The van der Waals surface area contributed by atoms with Gasteiger partial charge in [-0.05, 0) is 50.4 Å². The third-order valence-corrected chi connectivity index (χ3v) is 6.25. The van der Waals surface area contributed by atoms with E-state index < -0.39 is 28.1 Å². The summed E-state index contributed by atoms with van der Waals surface area (Å²) in [6.07, 6.45) is -0.460. The SMILES string of the molecule is Cc1ccc(S(=O)(=O)N(C(=O)OCc2ccccc2)[C@@H](CCCCN)C(=O)O)cc1. The summed E-state index contributed by atoms with van der Waals surface area (Å²) in [4.78, 5) is 24.5. The molecule has 0 aliphatic carbocycles. The molecule has 2 aromatic rings. The maximum atomic E-state index is 13.2. The molecule has 1 amide bonds. The van der Waals surface area contributed by atoms with Crippen molar-refractivity contribution < 1.29 is 27.9 Å². The van der Waals surface area contributed by atoms with Crippen molar-refractivity contribution in [2.24, 2.45) is 5.73 Å². The highest BCUT2D eigenvalue weighted by Crippen LogP contribution is 2.23. The lowest BCUT2D eigenvalue weighted by Crippen LogP contribution is -2.48. The molecule has 0 aliphatic rings. The van der Waals surface area contributed by atoms with E-state index in [-0.39, 0.29) is 17.9 Å². The van der Waals surface area contributed by atoms with Gasteiger partial charge in [0, 0.05) is 0 Å². The molecular weight excluding hydrogens is 408 g/mol. The third kappa shape index (κ3) is 6.04. The summed E-state index contributed by atoms with van der Waals surface area (Å²) in [7, 11) is -4.46. The Morgan fingerprint density at radius 2 is 1.70 bits per heavy atom. The van der Waals surface area contributed by atoms with Crippen molar-refractivity contribution in [1.29, 1.82) is 0 Å². The molecule has 9 heteroatoms. The largest absolute Gasteiger partial charge is 0.480 e. The minimum atomic E-state index is -4.46. The Bertz CT molecular complexity index is 945. The Morgan fingerprint density at radius 1 is 1.07 bits per heavy atom. The van der Waals surface area contributed by atoms with Gasteiger partial charge < -0.3 is 15.6 Å². The maximum absolute atomic E-state index is 13.2. The minimum Gasteiger partial charge on any atom is -0.480 e. The fourth-order valence-corrected chi connectivity index (χ4v) is 4.31. The highest BCUT2D eigenvalue weighted by molar-refractivity contribution is 7.89. The summed E-state index contributed by atoms with van der Waals surface area (Å²) in [6.45, 7) is 1.93. The first-order chi connectivity index (χ1) is 14.3. The van der Waals surface area contributed by atoms with Crippen LogP contribution in [0.2, 0.25) is 0 Å². The van der Waals surface area contributed by atoms with E-state index in [0.717, 1.165) is 5.56 Å². The van der Waals surface area contributed by atoms with Crippen LogP contribution in [0.5, 0.6) is 0 Å². The van der Waals surface area contributed by atoms with E-state index in [4.69, 9.17) is 10.5 Å². The van der Waals surface area contributed by atoms with Crippen molar-refractivity contribution in [2.45, 2.75) is 43.7 Å². The first-order valence-corrected chi connectivity index (χ1v) is 11.0. The normalized spacial score (nSPS) is 12.2. The lowest BCUT2D eigenvalue weighted by molar-refractivity contribution is -0.141. The van der Waals surface area contributed by atoms with Gasteiger partial charge >= 0.3 is 12.1 Å². The average Bonchev–Trinajstić information content (AvgIpc) is 2.72. The minimum absolute atomic E-state index is 0.0714. The van der Waals surface area contributed by atoms with Crippen molar-refractivity contribution in [3.8, 4) is 0 Å². The molecule has 0 spiro atoms. The molecule has 0 aliphatic heterocycles. The number of carboxylic acid groups (broad SMARTS) is 1. The van der Waals surface area contributed by atoms with Gasteiger partial charge in [0.25, 0.3) is 10.0 Å². The first kappa shape index (κ1) is 23.4. The molecule has 2 rings (SSSR count). The molecule has 1 atom stereocenters. The predicted octanol–water partition coefficient (Wildman–Crippen LogP) is 2.90. The number of carbonyl (C=O) groups excluding carboxylic acids is 1. The van der Waals surface area contributed by atoms with Crippen LogP contribution in [0.4, 0.5) is 4.79 Å². The van der Waals surface area contributed by atoms with Crippen LogP contribution < -0.4 is 5.73 Å². The van der Waals surface area contributed by atoms with Gasteiger partial charge in [-0.2, -0.15) is 4.31 Å². The highest BCUT2D eigenvalue weighted by atomic mass is 32.2. The number of benzene rings is 2. The number of amides is 1. The Labute approximate surface area is 176 Å². The topological polar surface area (TPSA) is 127 Å². The number of carboxylic acids is 1. The van der Waals surface area contributed by atoms with Gasteiger partial charge in [0.05, 0.1) is 4.90 Å². The predicted molar refractivity (Wildman–Crippen MR) is 111 cm³/mol. The lowest BCUT2D eigenvalue weighted by atomic mass is 10.1. The molecule has 0 heterocycles. The molecule has 0 saturated heterocycles. The van der Waals surface area contributed by atoms with Gasteiger partial charge in [-0.1, -0.05) is 48.0 Å². The van der Waals surface area contributed by atoms with Gasteiger partial charge in [-0.15, -0.1) is 0 Å². The van der Waals surface area contributed by atoms with E-state index in [2.05, 4.69) is 0 Å². The average molecular weight is 435 g/mol. The summed E-state index contributed by atoms with van der Waals surface area (Å²) in [6, 6.07) is 12.9. The van der Waals surface area contributed by atoms with E-state index in [1.54, 1.807) is 49.4 Å². The first-order valence-electron chi connectivity index (χ1n) is 9.52. The molecule has 8 nitrogen and oxygen atoms in total. The van der Waals surface area contributed by atoms with E-state index in [0.29, 0.717) is 29.3 Å². The second kappa shape index (κ2) is 10.7. The number of hydrogen-bond acceptors (Lipinski definition) is 6. The standard InChI is InChI=1S/C21H26N2O6S/c1-16-10-12-18(13-11-16)30(27,28)23(19(20(24)25)9-5-6-14-22)21(26)29-15-17-7-3-2-4-8-17/h2-4,7-8,10-13,19H,5-6,9,14-15,22H2,1H3,(H,24,25)/t19-/m0/s1. The van der Waals surface area contributed by atoms with Crippen LogP contribution in [0.3, 0.4) is 0 Å². The fraction of sp³-hybridized carbons (Fsp3) is 0.333. The Hall–Kier alpha value is -2.91. The van der Waals surface area contributed by atoms with Gasteiger partial charge in [-0.3, -0.25) is 0 Å². The number of sulfonamides is 1. The van der Waals surface area contributed by atoms with Crippen LogP contribution >= 0.6 is 0 Å². The molecular formula is C21H26N2O6S. The summed E-state index contributed by atoms with van der Waals surface area (Å²) in [5.41, 5.74) is 6.93. The Kier molecular flexibility index (Phi) is 8.37. The van der Waals surface area contributed by atoms with Crippen LogP contribution in [0, 0.1) is 6.92 Å². The zero-order chi connectivity index (χ0) is 22.1. The lowest BCUT2D eigenvalue weighted by Gasteiger charge is -2.27. The molecule has 0 bridgehead atoms. The molecule has 0 unspecified atom stereocenters. The van der Waals surface area contributed by atoms with E-state index in [1.165, 1.54) is 12.1 Å². The molecule has 0 fully saturated rings. The second-order valence-corrected chi connectivity index (χ2v) is 8.61. The molecule has 2 aromatic carbocycles. The Balaban J connectivity index is 2.37. The number of rotatable bonds is 10. The van der Waals surface area contributed by atoms with Crippen molar-refractivity contribution >= 4 is 22.1 Å². The summed E-state index contributed by atoms with van der Waals surface area (Å²) < 4.78 is 31.9. The second-order valence-electron chi connectivity index (χ2n) is 6.79. The van der Waals surface area contributed by atoms with Crippen molar-refractivity contribution in [1.82, 2.24) is 4.31 Å². The highest BCUT2D eigenvalue weighted by Gasteiger charge is 2.40. The van der Waals surface area contributed by atoms with Crippen molar-refractivity contribution in [3.05, 3.63) is 65.7 Å². The molecule has 162 valence electrons. The Morgan fingerprint density at radius 3 is 2.27 bits per heavy atom. The zero-order valence-corrected chi connectivity index (χ0v) is 17.5. The van der Waals surface area contributed by atoms with Crippen LogP contribution in [0.15, 0.2) is 59.5 Å². The molecule has 30 heavy (non-hydrogen) atoms. The maximum Gasteiger partial charge on any atom is 0.425 e. The van der Waals surface area contributed by atoms with E-state index >= 15 is 0 Å². The molecule has 0 saturated carbocycles. The number of carbonyl (C=O) groups is 2. The number of unbranched alkanes of at least 4 members (excludes halogenated alkanes) is 1. The monoisotopic (exact) mass is 434 g/mol. The van der Waals surface area contributed by atoms with Crippen molar-refractivity contribution in [3.63, 3.8) is 0 Å². The fourth-order valence-electron chi connectivity index (χ4n) is 2.82. The van der Waals surface area contributed by atoms with Crippen LogP contribution in [-0.2, 0) is 26.2 Å². The number of hydrogen-bond donors (Lipinski definition) is 2. The number of aryl methyl sites for hydroxylation is 1.